The van der Waals surface area contributed by atoms with Crippen molar-refractivity contribution in [2.75, 3.05) is 6.61 Å². The van der Waals surface area contributed by atoms with Crippen molar-refractivity contribution in [1.82, 2.24) is 15.8 Å². The van der Waals surface area contributed by atoms with E-state index in [1.165, 1.54) is 11.3 Å². The molecule has 4 amide bonds. The molecule has 1 saturated carbocycles. The standard InChI is InChI=1S/C17H21N3O5S/c1-10-3-6-17(7-4-10)15(23)20(16(24)18-17)19-12(21)9-25-14(22)13-11(2)5-8-26-13/h5,8,10H,3-4,6-7,9H2,1-2H3,(H,18,24)(H,19,21). The second kappa shape index (κ2) is 7.06. The van der Waals surface area contributed by atoms with Crippen LogP contribution >= 0.6 is 11.3 Å². The summed E-state index contributed by atoms with van der Waals surface area (Å²) >= 11 is 1.22. The lowest BCUT2D eigenvalue weighted by molar-refractivity contribution is -0.141. The average Bonchev–Trinajstić information content (AvgIpc) is 3.13. The van der Waals surface area contributed by atoms with Crippen molar-refractivity contribution >= 4 is 35.2 Å². The van der Waals surface area contributed by atoms with E-state index in [0.29, 0.717) is 28.6 Å². The fourth-order valence-electron chi connectivity index (χ4n) is 3.25. The van der Waals surface area contributed by atoms with E-state index in [1.54, 1.807) is 18.4 Å². The van der Waals surface area contributed by atoms with Crippen LogP contribution < -0.4 is 10.7 Å². The molecule has 0 aromatic carbocycles. The van der Waals surface area contributed by atoms with Gasteiger partial charge in [-0.3, -0.25) is 15.0 Å². The average molecular weight is 379 g/mol. The van der Waals surface area contributed by atoms with Crippen molar-refractivity contribution in [2.24, 2.45) is 5.92 Å². The summed E-state index contributed by atoms with van der Waals surface area (Å²) < 4.78 is 4.95. The SMILES string of the molecule is Cc1ccsc1C(=O)OCC(=O)NN1C(=O)NC2(CCC(C)CC2)C1=O. The molecule has 140 valence electrons. The normalized spacial score (nSPS) is 25.3. The number of nitrogens with zero attached hydrogens (tertiary/aromatic N) is 1. The predicted molar refractivity (Wildman–Crippen MR) is 93.2 cm³/mol. The number of nitrogens with one attached hydrogen (secondary N) is 2. The zero-order valence-corrected chi connectivity index (χ0v) is 15.5. The van der Waals surface area contributed by atoms with Gasteiger partial charge < -0.3 is 10.1 Å². The Morgan fingerprint density at radius 3 is 2.69 bits per heavy atom. The van der Waals surface area contributed by atoms with E-state index >= 15 is 0 Å². The smallest absolute Gasteiger partial charge is 0.349 e. The molecule has 0 bridgehead atoms. The molecule has 1 spiro atoms. The van der Waals surface area contributed by atoms with Gasteiger partial charge in [-0.25, -0.2) is 9.59 Å². The van der Waals surface area contributed by atoms with Gasteiger partial charge in [0.1, 0.15) is 10.4 Å². The molecule has 2 heterocycles. The summed E-state index contributed by atoms with van der Waals surface area (Å²) in [5, 5.41) is 5.16. The number of esters is 1. The Morgan fingerprint density at radius 2 is 2.08 bits per heavy atom. The monoisotopic (exact) mass is 379 g/mol. The molecule has 26 heavy (non-hydrogen) atoms. The molecule has 1 aromatic rings. The van der Waals surface area contributed by atoms with E-state index in [-0.39, 0.29) is 0 Å². The largest absolute Gasteiger partial charge is 0.451 e. The number of carbonyl (C=O) groups is 4. The van der Waals surface area contributed by atoms with Crippen molar-refractivity contribution < 1.29 is 23.9 Å². The molecule has 1 aliphatic carbocycles. The molecule has 2 N–H and O–H groups in total. The first kappa shape index (κ1) is 18.4. The predicted octanol–water partition coefficient (Wildman–Crippen LogP) is 1.75. The van der Waals surface area contributed by atoms with E-state index in [0.717, 1.165) is 18.4 Å². The second-order valence-electron chi connectivity index (χ2n) is 6.88. The number of urea groups is 1. The van der Waals surface area contributed by atoms with E-state index in [1.807, 2.05) is 0 Å². The van der Waals surface area contributed by atoms with Gasteiger partial charge in [-0.05, 0) is 55.5 Å². The quantitative estimate of drug-likeness (QED) is 0.612. The molecule has 0 atom stereocenters. The maximum Gasteiger partial charge on any atom is 0.349 e. The van der Waals surface area contributed by atoms with Gasteiger partial charge >= 0.3 is 12.0 Å². The lowest BCUT2D eigenvalue weighted by Gasteiger charge is -2.33. The summed E-state index contributed by atoms with van der Waals surface area (Å²) in [6.45, 7) is 3.31. The van der Waals surface area contributed by atoms with E-state index in [2.05, 4.69) is 17.7 Å². The van der Waals surface area contributed by atoms with Crippen molar-refractivity contribution in [3.8, 4) is 0 Å². The number of aryl methyl sites for hydroxylation is 1. The Labute approximate surface area is 154 Å². The highest BCUT2D eigenvalue weighted by Crippen LogP contribution is 2.35. The van der Waals surface area contributed by atoms with Crippen molar-refractivity contribution in [3.63, 3.8) is 0 Å². The van der Waals surface area contributed by atoms with Gasteiger partial charge in [0.15, 0.2) is 6.61 Å². The van der Waals surface area contributed by atoms with Gasteiger partial charge in [-0.15, -0.1) is 11.3 Å². The molecule has 2 aliphatic rings. The first-order chi connectivity index (χ1) is 12.3. The number of hydrogen-bond acceptors (Lipinski definition) is 6. The van der Waals surface area contributed by atoms with Gasteiger partial charge in [0, 0.05) is 0 Å². The number of hydrazine groups is 1. The lowest BCUT2D eigenvalue weighted by Crippen LogP contribution is -2.52. The van der Waals surface area contributed by atoms with Crippen molar-refractivity contribution in [2.45, 2.75) is 45.1 Å². The highest BCUT2D eigenvalue weighted by Gasteiger charge is 2.52. The minimum absolute atomic E-state index is 0.420. The molecule has 1 aromatic heterocycles. The number of ether oxygens (including phenoxy) is 1. The van der Waals surface area contributed by atoms with E-state index < -0.39 is 36.0 Å². The third-order valence-electron chi connectivity index (χ3n) is 4.91. The summed E-state index contributed by atoms with van der Waals surface area (Å²) in [5.41, 5.74) is 2.07. The van der Waals surface area contributed by atoms with Crippen LogP contribution in [0.5, 0.6) is 0 Å². The van der Waals surface area contributed by atoms with Crippen LogP contribution in [-0.2, 0) is 14.3 Å². The highest BCUT2D eigenvalue weighted by atomic mass is 32.1. The summed E-state index contributed by atoms with van der Waals surface area (Å²) in [6, 6.07) is 1.12. The van der Waals surface area contributed by atoms with Crippen LogP contribution in [0.3, 0.4) is 0 Å². The fraction of sp³-hybridized carbons (Fsp3) is 0.529. The number of amides is 4. The van der Waals surface area contributed by atoms with Crippen LogP contribution in [0.15, 0.2) is 11.4 Å². The number of imide groups is 1. The molecule has 1 saturated heterocycles. The molecule has 2 fully saturated rings. The first-order valence-electron chi connectivity index (χ1n) is 8.50. The molecule has 0 unspecified atom stereocenters. The van der Waals surface area contributed by atoms with Gasteiger partial charge in [0.05, 0.1) is 0 Å². The van der Waals surface area contributed by atoms with E-state index in [4.69, 9.17) is 4.74 Å². The molecule has 3 rings (SSSR count). The van der Waals surface area contributed by atoms with E-state index in [9.17, 15) is 19.2 Å². The summed E-state index contributed by atoms with van der Waals surface area (Å²) in [7, 11) is 0. The summed E-state index contributed by atoms with van der Waals surface area (Å²) in [6.07, 6.45) is 2.78. The number of carbonyl (C=O) groups excluding carboxylic acids is 4. The summed E-state index contributed by atoms with van der Waals surface area (Å²) in [5.74, 6) is -1.29. The van der Waals surface area contributed by atoms with Crippen LogP contribution in [0.1, 0.15) is 47.8 Å². The Balaban J connectivity index is 1.56. The van der Waals surface area contributed by atoms with Crippen molar-refractivity contribution in [3.05, 3.63) is 21.9 Å². The highest BCUT2D eigenvalue weighted by molar-refractivity contribution is 7.12. The van der Waals surface area contributed by atoms with Crippen molar-refractivity contribution in [1.29, 1.82) is 0 Å². The fourth-order valence-corrected chi connectivity index (χ4v) is 4.07. The Kier molecular flexibility index (Phi) is 4.99. The first-order valence-corrected chi connectivity index (χ1v) is 9.38. The Bertz CT molecular complexity index is 751. The zero-order valence-electron chi connectivity index (χ0n) is 14.7. The summed E-state index contributed by atoms with van der Waals surface area (Å²) in [4.78, 5) is 49.1. The maximum atomic E-state index is 12.6. The van der Waals surface area contributed by atoms with Crippen LogP contribution in [0, 0.1) is 12.8 Å². The Hall–Kier alpha value is -2.42. The van der Waals surface area contributed by atoms with Gasteiger partial charge in [-0.2, -0.15) is 5.01 Å². The molecular formula is C17H21N3O5S. The topological polar surface area (TPSA) is 105 Å². The maximum absolute atomic E-state index is 12.6. The second-order valence-corrected chi connectivity index (χ2v) is 7.80. The molecule has 0 radical (unpaired) electrons. The molecule has 1 aliphatic heterocycles. The third-order valence-corrected chi connectivity index (χ3v) is 5.90. The zero-order chi connectivity index (χ0) is 18.9. The number of rotatable bonds is 4. The van der Waals surface area contributed by atoms with Gasteiger partial charge in [0.2, 0.25) is 0 Å². The van der Waals surface area contributed by atoms with Gasteiger partial charge in [-0.1, -0.05) is 6.92 Å². The Morgan fingerprint density at radius 1 is 1.38 bits per heavy atom. The third kappa shape index (κ3) is 3.44. The minimum Gasteiger partial charge on any atom is -0.451 e. The minimum atomic E-state index is -0.929. The lowest BCUT2D eigenvalue weighted by atomic mass is 9.77. The number of hydrogen-bond donors (Lipinski definition) is 2. The molecule has 9 heteroatoms. The van der Waals surface area contributed by atoms with Crippen LogP contribution in [0.4, 0.5) is 4.79 Å². The molecule has 8 nitrogen and oxygen atoms in total. The van der Waals surface area contributed by atoms with Gasteiger partial charge in [0.25, 0.3) is 11.8 Å². The number of thiophene rings is 1. The van der Waals surface area contributed by atoms with Crippen LogP contribution in [0.25, 0.3) is 0 Å². The molecular weight excluding hydrogens is 358 g/mol. The van der Waals surface area contributed by atoms with Crippen LogP contribution in [-0.4, -0.2) is 41.0 Å². The van der Waals surface area contributed by atoms with Crippen LogP contribution in [0.2, 0.25) is 0 Å².